The summed E-state index contributed by atoms with van der Waals surface area (Å²) in [6, 6.07) is 6.82. The fourth-order valence-corrected chi connectivity index (χ4v) is 1.56. The first-order valence-corrected chi connectivity index (χ1v) is 5.58. The number of aromatic nitrogens is 1. The Kier molecular flexibility index (Phi) is 3.74. The molecule has 0 atom stereocenters. The van der Waals surface area contributed by atoms with Crippen molar-refractivity contribution in [1.29, 1.82) is 0 Å². The molecule has 0 aliphatic heterocycles. The van der Waals surface area contributed by atoms with Gasteiger partial charge < -0.3 is 14.8 Å². The normalized spacial score (nSPS) is 10.3. The number of aliphatic hydroxyl groups excluding tert-OH is 1. The fraction of sp³-hybridized carbons (Fsp3) is 0.231. The number of furan rings is 1. The van der Waals surface area contributed by atoms with E-state index in [9.17, 15) is 4.79 Å². The zero-order valence-electron chi connectivity index (χ0n) is 10.0. The third kappa shape index (κ3) is 2.95. The van der Waals surface area contributed by atoms with Crippen molar-refractivity contribution in [3.05, 3.63) is 53.2 Å². The SMILES string of the molecule is Cc1ccc(CNC(=O)c2ccnc(CO)c2)o1. The summed E-state index contributed by atoms with van der Waals surface area (Å²) in [6.45, 7) is 2.00. The van der Waals surface area contributed by atoms with Gasteiger partial charge in [-0.3, -0.25) is 9.78 Å². The summed E-state index contributed by atoms with van der Waals surface area (Å²) < 4.78 is 5.35. The van der Waals surface area contributed by atoms with Gasteiger partial charge in [0, 0.05) is 11.8 Å². The van der Waals surface area contributed by atoms with Crippen LogP contribution in [0.3, 0.4) is 0 Å². The predicted molar refractivity (Wildman–Crippen MR) is 64.8 cm³/mol. The van der Waals surface area contributed by atoms with E-state index < -0.39 is 0 Å². The van der Waals surface area contributed by atoms with Crippen LogP contribution >= 0.6 is 0 Å². The van der Waals surface area contributed by atoms with Gasteiger partial charge in [-0.1, -0.05) is 0 Å². The molecule has 0 unspecified atom stereocenters. The molecule has 94 valence electrons. The van der Waals surface area contributed by atoms with Gasteiger partial charge in [-0.2, -0.15) is 0 Å². The fourth-order valence-electron chi connectivity index (χ4n) is 1.56. The van der Waals surface area contributed by atoms with Gasteiger partial charge in [-0.05, 0) is 31.2 Å². The minimum absolute atomic E-state index is 0.182. The van der Waals surface area contributed by atoms with Gasteiger partial charge in [-0.25, -0.2) is 0 Å². The molecule has 2 aromatic rings. The lowest BCUT2D eigenvalue weighted by atomic mass is 10.2. The Balaban J connectivity index is 1.99. The molecule has 0 saturated carbocycles. The van der Waals surface area contributed by atoms with Crippen molar-refractivity contribution in [3.63, 3.8) is 0 Å². The minimum atomic E-state index is -0.221. The summed E-state index contributed by atoms with van der Waals surface area (Å²) >= 11 is 0. The molecule has 0 aliphatic rings. The molecule has 0 radical (unpaired) electrons. The minimum Gasteiger partial charge on any atom is -0.465 e. The van der Waals surface area contributed by atoms with E-state index in [0.29, 0.717) is 23.6 Å². The molecule has 2 heterocycles. The molecule has 0 fully saturated rings. The van der Waals surface area contributed by atoms with Crippen molar-refractivity contribution in [3.8, 4) is 0 Å². The number of nitrogens with one attached hydrogen (secondary N) is 1. The molecule has 18 heavy (non-hydrogen) atoms. The Morgan fingerprint density at radius 2 is 2.28 bits per heavy atom. The number of hydrogen-bond donors (Lipinski definition) is 2. The zero-order valence-corrected chi connectivity index (χ0v) is 10.0. The maximum absolute atomic E-state index is 11.8. The summed E-state index contributed by atoms with van der Waals surface area (Å²) in [5.74, 6) is 1.30. The Morgan fingerprint density at radius 1 is 1.44 bits per heavy atom. The number of pyridine rings is 1. The molecule has 2 N–H and O–H groups in total. The van der Waals surface area contributed by atoms with Crippen molar-refractivity contribution in [2.45, 2.75) is 20.1 Å². The smallest absolute Gasteiger partial charge is 0.251 e. The summed E-state index contributed by atoms with van der Waals surface area (Å²) in [4.78, 5) is 15.7. The topological polar surface area (TPSA) is 75.4 Å². The van der Waals surface area contributed by atoms with E-state index in [1.807, 2.05) is 19.1 Å². The quantitative estimate of drug-likeness (QED) is 0.855. The summed E-state index contributed by atoms with van der Waals surface area (Å²) in [7, 11) is 0. The molecule has 0 spiro atoms. The van der Waals surface area contributed by atoms with Gasteiger partial charge in [0.05, 0.1) is 18.8 Å². The second-order valence-electron chi connectivity index (χ2n) is 3.89. The van der Waals surface area contributed by atoms with E-state index in [0.717, 1.165) is 5.76 Å². The highest BCUT2D eigenvalue weighted by Gasteiger charge is 2.07. The lowest BCUT2D eigenvalue weighted by Crippen LogP contribution is -2.22. The third-order valence-corrected chi connectivity index (χ3v) is 2.46. The second-order valence-corrected chi connectivity index (χ2v) is 3.89. The van der Waals surface area contributed by atoms with Crippen LogP contribution < -0.4 is 5.32 Å². The Hall–Kier alpha value is -2.14. The summed E-state index contributed by atoms with van der Waals surface area (Å²) in [5, 5.41) is 11.7. The number of carbonyl (C=O) groups is 1. The van der Waals surface area contributed by atoms with E-state index in [1.165, 1.54) is 6.20 Å². The van der Waals surface area contributed by atoms with E-state index >= 15 is 0 Å². The second kappa shape index (κ2) is 5.46. The molecular weight excluding hydrogens is 232 g/mol. The van der Waals surface area contributed by atoms with Crippen LogP contribution in [0, 0.1) is 6.92 Å². The lowest BCUT2D eigenvalue weighted by molar-refractivity contribution is 0.0947. The van der Waals surface area contributed by atoms with Crippen LogP contribution in [-0.4, -0.2) is 16.0 Å². The van der Waals surface area contributed by atoms with E-state index in [4.69, 9.17) is 9.52 Å². The Bertz CT molecular complexity index is 549. The monoisotopic (exact) mass is 246 g/mol. The number of carbonyl (C=O) groups excluding carboxylic acids is 1. The van der Waals surface area contributed by atoms with Gasteiger partial charge in [0.2, 0.25) is 0 Å². The largest absolute Gasteiger partial charge is 0.465 e. The average Bonchev–Trinajstić information content (AvgIpc) is 2.82. The highest BCUT2D eigenvalue weighted by atomic mass is 16.3. The first-order chi connectivity index (χ1) is 8.69. The van der Waals surface area contributed by atoms with Gasteiger partial charge in [-0.15, -0.1) is 0 Å². The van der Waals surface area contributed by atoms with Crippen LogP contribution in [0.2, 0.25) is 0 Å². The average molecular weight is 246 g/mol. The molecule has 5 heteroatoms. The number of amides is 1. The molecule has 2 aromatic heterocycles. The van der Waals surface area contributed by atoms with Gasteiger partial charge in [0.1, 0.15) is 11.5 Å². The molecule has 0 bridgehead atoms. The standard InChI is InChI=1S/C13H14N2O3/c1-9-2-3-12(18-9)7-15-13(17)10-4-5-14-11(6-10)8-16/h2-6,16H,7-8H2,1H3,(H,15,17). The first kappa shape index (κ1) is 12.3. The first-order valence-electron chi connectivity index (χ1n) is 5.58. The van der Waals surface area contributed by atoms with Crippen molar-refractivity contribution in [2.24, 2.45) is 0 Å². The van der Waals surface area contributed by atoms with Gasteiger partial charge in [0.25, 0.3) is 5.91 Å². The van der Waals surface area contributed by atoms with Crippen LogP contribution in [0.15, 0.2) is 34.9 Å². The van der Waals surface area contributed by atoms with Gasteiger partial charge in [0.15, 0.2) is 0 Å². The van der Waals surface area contributed by atoms with Crippen LogP contribution in [0.4, 0.5) is 0 Å². The van der Waals surface area contributed by atoms with E-state index in [-0.39, 0.29) is 12.5 Å². The molecule has 2 rings (SSSR count). The maximum Gasteiger partial charge on any atom is 0.251 e. The van der Waals surface area contributed by atoms with Crippen molar-refractivity contribution < 1.29 is 14.3 Å². The van der Waals surface area contributed by atoms with Crippen LogP contribution in [0.5, 0.6) is 0 Å². The molecule has 0 saturated heterocycles. The number of aryl methyl sites for hydroxylation is 1. The third-order valence-electron chi connectivity index (χ3n) is 2.46. The Labute approximate surface area is 104 Å². The summed E-state index contributed by atoms with van der Waals surface area (Å²) in [5.41, 5.74) is 0.939. The van der Waals surface area contributed by atoms with Crippen LogP contribution in [0.1, 0.15) is 27.6 Å². The van der Waals surface area contributed by atoms with Crippen LogP contribution in [0.25, 0.3) is 0 Å². The predicted octanol–water partition coefficient (Wildman–Crippen LogP) is 1.41. The Morgan fingerprint density at radius 3 is 2.94 bits per heavy atom. The number of hydrogen-bond acceptors (Lipinski definition) is 4. The van der Waals surface area contributed by atoms with E-state index in [2.05, 4.69) is 10.3 Å². The molecule has 0 aliphatic carbocycles. The molecular formula is C13H14N2O3. The summed E-state index contributed by atoms with van der Waals surface area (Å²) in [6.07, 6.45) is 1.50. The number of aliphatic hydroxyl groups is 1. The maximum atomic E-state index is 11.8. The van der Waals surface area contributed by atoms with Crippen molar-refractivity contribution >= 4 is 5.91 Å². The highest BCUT2D eigenvalue weighted by molar-refractivity contribution is 5.94. The molecule has 5 nitrogen and oxygen atoms in total. The van der Waals surface area contributed by atoms with Crippen molar-refractivity contribution in [1.82, 2.24) is 10.3 Å². The zero-order chi connectivity index (χ0) is 13.0. The van der Waals surface area contributed by atoms with Crippen molar-refractivity contribution in [2.75, 3.05) is 0 Å². The van der Waals surface area contributed by atoms with Crippen LogP contribution in [-0.2, 0) is 13.2 Å². The lowest BCUT2D eigenvalue weighted by Gasteiger charge is -2.04. The van der Waals surface area contributed by atoms with Gasteiger partial charge >= 0.3 is 0 Å². The number of nitrogens with zero attached hydrogens (tertiary/aromatic N) is 1. The molecule has 1 amide bonds. The highest BCUT2D eigenvalue weighted by Crippen LogP contribution is 2.07. The number of rotatable bonds is 4. The van der Waals surface area contributed by atoms with E-state index in [1.54, 1.807) is 12.1 Å². The molecule has 0 aromatic carbocycles.